The van der Waals surface area contributed by atoms with Crippen LogP contribution in [-0.2, 0) is 6.54 Å². The fraction of sp³-hybridized carbons (Fsp3) is 0.278. The maximum absolute atomic E-state index is 4.68. The van der Waals surface area contributed by atoms with E-state index < -0.39 is 0 Å². The van der Waals surface area contributed by atoms with Gasteiger partial charge in [-0.05, 0) is 36.6 Å². The van der Waals surface area contributed by atoms with Crippen molar-refractivity contribution in [2.45, 2.75) is 18.9 Å². The van der Waals surface area contributed by atoms with Gasteiger partial charge in [-0.15, -0.1) is 0 Å². The van der Waals surface area contributed by atoms with Crippen LogP contribution in [0.5, 0.6) is 0 Å². The maximum atomic E-state index is 4.68. The predicted molar refractivity (Wildman–Crippen MR) is 85.2 cm³/mol. The lowest BCUT2D eigenvalue weighted by Gasteiger charge is -2.14. The number of aromatic nitrogens is 2. The molecule has 1 aromatic heterocycles. The van der Waals surface area contributed by atoms with Crippen molar-refractivity contribution in [2.24, 2.45) is 0 Å². The van der Waals surface area contributed by atoms with E-state index in [1.54, 1.807) is 0 Å². The molecule has 0 radical (unpaired) electrons. The molecular formula is C18H19N3. The van der Waals surface area contributed by atoms with Crippen LogP contribution in [0.3, 0.4) is 0 Å². The van der Waals surface area contributed by atoms with Crippen LogP contribution >= 0.6 is 0 Å². The summed E-state index contributed by atoms with van der Waals surface area (Å²) in [5.41, 5.74) is 3.65. The molecule has 4 rings (SSSR count). The second kappa shape index (κ2) is 5.34. The summed E-state index contributed by atoms with van der Waals surface area (Å²) in [6.07, 6.45) is 1.24. The fourth-order valence-corrected chi connectivity index (χ4v) is 3.27. The minimum atomic E-state index is 0.663. The number of H-pyrrole nitrogens is 1. The summed E-state index contributed by atoms with van der Waals surface area (Å²) in [6, 6.07) is 19.1. The first-order valence-electron chi connectivity index (χ1n) is 7.59. The van der Waals surface area contributed by atoms with Crippen LogP contribution in [0.15, 0.2) is 54.6 Å². The summed E-state index contributed by atoms with van der Waals surface area (Å²) >= 11 is 0. The summed E-state index contributed by atoms with van der Waals surface area (Å²) in [5, 5.41) is 0. The van der Waals surface area contributed by atoms with Gasteiger partial charge in [0.2, 0.25) is 0 Å². The Bertz CT molecular complexity index is 699. The van der Waals surface area contributed by atoms with Gasteiger partial charge in [0.25, 0.3) is 0 Å². The van der Waals surface area contributed by atoms with Crippen LogP contribution in [-0.4, -0.2) is 28.0 Å². The Balaban J connectivity index is 1.46. The Morgan fingerprint density at radius 1 is 1.05 bits per heavy atom. The van der Waals surface area contributed by atoms with E-state index >= 15 is 0 Å². The van der Waals surface area contributed by atoms with Crippen LogP contribution in [0.1, 0.15) is 23.7 Å². The average Bonchev–Trinajstić information content (AvgIpc) is 3.14. The fourth-order valence-electron chi connectivity index (χ4n) is 3.27. The highest BCUT2D eigenvalue weighted by Gasteiger charge is 2.24. The molecule has 3 nitrogen and oxygen atoms in total. The molecular weight excluding hydrogens is 258 g/mol. The second-order valence-electron chi connectivity index (χ2n) is 5.83. The normalized spacial score (nSPS) is 19.3. The third-order valence-corrected chi connectivity index (χ3v) is 4.36. The number of benzene rings is 2. The minimum absolute atomic E-state index is 0.663. The Labute approximate surface area is 124 Å². The lowest BCUT2D eigenvalue weighted by atomic mass is 9.99. The zero-order chi connectivity index (χ0) is 14.1. The lowest BCUT2D eigenvalue weighted by Crippen LogP contribution is -2.20. The number of likely N-dealkylation sites (tertiary alicyclic amines) is 1. The second-order valence-corrected chi connectivity index (χ2v) is 5.83. The van der Waals surface area contributed by atoms with Gasteiger partial charge in [0, 0.05) is 6.54 Å². The third kappa shape index (κ3) is 2.57. The van der Waals surface area contributed by atoms with Gasteiger partial charge in [-0.3, -0.25) is 4.90 Å². The zero-order valence-electron chi connectivity index (χ0n) is 12.0. The molecule has 0 bridgehead atoms. The Morgan fingerprint density at radius 2 is 1.86 bits per heavy atom. The summed E-state index contributed by atoms with van der Waals surface area (Å²) in [6.45, 7) is 3.19. The van der Waals surface area contributed by atoms with Gasteiger partial charge in [0.05, 0.1) is 17.6 Å². The van der Waals surface area contributed by atoms with Gasteiger partial charge in [-0.1, -0.05) is 42.5 Å². The molecule has 1 unspecified atom stereocenters. The SMILES string of the molecule is c1ccc(C2CCN(Cc3nc4ccccc4[nH]3)C2)cc1. The van der Waals surface area contributed by atoms with Crippen molar-refractivity contribution in [3.63, 3.8) is 0 Å². The van der Waals surface area contributed by atoms with E-state index in [-0.39, 0.29) is 0 Å². The highest BCUT2D eigenvalue weighted by Crippen LogP contribution is 2.27. The number of nitrogens with zero attached hydrogens (tertiary/aromatic N) is 2. The molecule has 0 saturated carbocycles. The minimum Gasteiger partial charge on any atom is -0.341 e. The van der Waals surface area contributed by atoms with Gasteiger partial charge in [0.1, 0.15) is 5.82 Å². The van der Waals surface area contributed by atoms with Gasteiger partial charge >= 0.3 is 0 Å². The van der Waals surface area contributed by atoms with E-state index in [2.05, 4.69) is 57.3 Å². The molecule has 0 spiro atoms. The highest BCUT2D eigenvalue weighted by molar-refractivity contribution is 5.74. The Kier molecular flexibility index (Phi) is 3.20. The maximum Gasteiger partial charge on any atom is 0.121 e. The average molecular weight is 277 g/mol. The number of fused-ring (bicyclic) bond motifs is 1. The molecule has 1 aliphatic heterocycles. The van der Waals surface area contributed by atoms with Gasteiger partial charge in [-0.2, -0.15) is 0 Å². The van der Waals surface area contributed by atoms with E-state index in [9.17, 15) is 0 Å². The number of hydrogen-bond acceptors (Lipinski definition) is 2. The molecule has 1 atom stereocenters. The molecule has 1 aliphatic rings. The number of para-hydroxylation sites is 2. The van der Waals surface area contributed by atoms with Crippen molar-refractivity contribution in [3.8, 4) is 0 Å². The standard InChI is InChI=1S/C18H19N3/c1-2-6-14(7-3-1)15-10-11-21(12-15)13-18-19-16-8-4-5-9-17(16)20-18/h1-9,15H,10-13H2,(H,19,20). The molecule has 1 N–H and O–H groups in total. The molecule has 2 aromatic carbocycles. The summed E-state index contributed by atoms with van der Waals surface area (Å²) in [4.78, 5) is 10.6. The smallest absolute Gasteiger partial charge is 0.121 e. The molecule has 106 valence electrons. The summed E-state index contributed by atoms with van der Waals surface area (Å²) in [7, 11) is 0. The number of hydrogen-bond donors (Lipinski definition) is 1. The Hall–Kier alpha value is -2.13. The first kappa shape index (κ1) is 12.6. The van der Waals surface area contributed by atoms with Gasteiger partial charge in [0.15, 0.2) is 0 Å². The van der Waals surface area contributed by atoms with Crippen molar-refractivity contribution in [3.05, 3.63) is 66.0 Å². The van der Waals surface area contributed by atoms with Crippen molar-refractivity contribution in [1.82, 2.24) is 14.9 Å². The number of aromatic amines is 1. The highest BCUT2D eigenvalue weighted by atomic mass is 15.2. The first-order chi connectivity index (χ1) is 10.4. The van der Waals surface area contributed by atoms with Crippen molar-refractivity contribution in [1.29, 1.82) is 0 Å². The molecule has 3 aromatic rings. The third-order valence-electron chi connectivity index (χ3n) is 4.36. The monoisotopic (exact) mass is 277 g/mol. The van der Waals surface area contributed by atoms with Crippen LogP contribution in [0.2, 0.25) is 0 Å². The predicted octanol–water partition coefficient (Wildman–Crippen LogP) is 3.55. The van der Waals surface area contributed by atoms with Crippen molar-refractivity contribution in [2.75, 3.05) is 13.1 Å². The largest absolute Gasteiger partial charge is 0.341 e. The number of imidazole rings is 1. The molecule has 0 aliphatic carbocycles. The van der Waals surface area contributed by atoms with Crippen molar-refractivity contribution >= 4 is 11.0 Å². The zero-order valence-corrected chi connectivity index (χ0v) is 12.0. The van der Waals surface area contributed by atoms with Gasteiger partial charge in [-0.25, -0.2) is 4.98 Å². The number of nitrogens with one attached hydrogen (secondary N) is 1. The van der Waals surface area contributed by atoms with Crippen LogP contribution in [0, 0.1) is 0 Å². The van der Waals surface area contributed by atoms with Gasteiger partial charge < -0.3 is 4.98 Å². The van der Waals surface area contributed by atoms with E-state index in [1.165, 1.54) is 12.0 Å². The molecule has 21 heavy (non-hydrogen) atoms. The van der Waals surface area contributed by atoms with E-state index in [4.69, 9.17) is 0 Å². The van der Waals surface area contributed by atoms with Crippen molar-refractivity contribution < 1.29 is 0 Å². The lowest BCUT2D eigenvalue weighted by molar-refractivity contribution is 0.319. The molecule has 1 fully saturated rings. The molecule has 0 amide bonds. The molecule has 2 heterocycles. The van der Waals surface area contributed by atoms with Crippen LogP contribution < -0.4 is 0 Å². The summed E-state index contributed by atoms with van der Waals surface area (Å²) in [5.74, 6) is 1.74. The molecule has 1 saturated heterocycles. The quantitative estimate of drug-likeness (QED) is 0.794. The number of rotatable bonds is 3. The first-order valence-corrected chi connectivity index (χ1v) is 7.59. The summed E-state index contributed by atoms with van der Waals surface area (Å²) < 4.78 is 0. The van der Waals surface area contributed by atoms with Crippen LogP contribution in [0.25, 0.3) is 11.0 Å². The topological polar surface area (TPSA) is 31.9 Å². The van der Waals surface area contributed by atoms with E-state index in [0.717, 1.165) is 36.5 Å². The van der Waals surface area contributed by atoms with E-state index in [0.29, 0.717) is 5.92 Å². The Morgan fingerprint density at radius 3 is 2.71 bits per heavy atom. The van der Waals surface area contributed by atoms with E-state index in [1.807, 2.05) is 12.1 Å². The molecule has 3 heteroatoms. The van der Waals surface area contributed by atoms with Crippen LogP contribution in [0.4, 0.5) is 0 Å².